The summed E-state index contributed by atoms with van der Waals surface area (Å²) in [5, 5.41) is 15.6. The van der Waals surface area contributed by atoms with Gasteiger partial charge < -0.3 is 10.6 Å². The highest BCUT2D eigenvalue weighted by Crippen LogP contribution is 2.32. The van der Waals surface area contributed by atoms with Crippen molar-refractivity contribution in [2.75, 3.05) is 25.0 Å². The first kappa shape index (κ1) is 12.9. The van der Waals surface area contributed by atoms with Gasteiger partial charge in [-0.1, -0.05) is 12.8 Å². The van der Waals surface area contributed by atoms with Crippen LogP contribution in [0.4, 0.5) is 5.82 Å². The van der Waals surface area contributed by atoms with Crippen LogP contribution in [0.3, 0.4) is 0 Å². The largest absolute Gasteiger partial charge is 0.368 e. The highest BCUT2D eigenvalue weighted by molar-refractivity contribution is 5.33. The van der Waals surface area contributed by atoms with Crippen LogP contribution in [0.15, 0.2) is 12.1 Å². The third-order valence-electron chi connectivity index (χ3n) is 4.49. The number of hydrogen-bond donors (Lipinski definition) is 2. The van der Waals surface area contributed by atoms with E-state index in [0.717, 1.165) is 31.4 Å². The molecular weight excluding hydrogens is 236 g/mol. The molecule has 2 fully saturated rings. The van der Waals surface area contributed by atoms with E-state index in [1.54, 1.807) is 0 Å². The molecule has 0 spiro atoms. The van der Waals surface area contributed by atoms with Crippen LogP contribution in [0, 0.1) is 5.92 Å². The number of rotatable bonds is 4. The third-order valence-corrected chi connectivity index (χ3v) is 4.49. The fourth-order valence-corrected chi connectivity index (χ4v) is 3.21. The summed E-state index contributed by atoms with van der Waals surface area (Å²) in [6, 6.07) is 4.26. The molecule has 1 aromatic heterocycles. The first-order valence-electron chi connectivity index (χ1n) is 7.70. The van der Waals surface area contributed by atoms with Crippen LogP contribution in [0.25, 0.3) is 0 Å². The maximum atomic E-state index is 4.40. The molecule has 0 radical (unpaired) electrons. The SMILES string of the molecule is c1cc(C2CCCC2)nnc1NCC1CCNCC1. The van der Waals surface area contributed by atoms with E-state index < -0.39 is 0 Å². The van der Waals surface area contributed by atoms with Gasteiger partial charge in [-0.3, -0.25) is 0 Å². The molecule has 1 aliphatic carbocycles. The van der Waals surface area contributed by atoms with Gasteiger partial charge in [0.15, 0.2) is 0 Å². The van der Waals surface area contributed by atoms with Gasteiger partial charge in [-0.2, -0.15) is 5.10 Å². The van der Waals surface area contributed by atoms with Crippen LogP contribution in [0.5, 0.6) is 0 Å². The summed E-state index contributed by atoms with van der Waals surface area (Å²) in [5.41, 5.74) is 1.19. The molecule has 2 aliphatic rings. The van der Waals surface area contributed by atoms with Crippen molar-refractivity contribution < 1.29 is 0 Å². The van der Waals surface area contributed by atoms with Crippen molar-refractivity contribution in [3.8, 4) is 0 Å². The molecule has 1 saturated heterocycles. The van der Waals surface area contributed by atoms with Gasteiger partial charge in [-0.05, 0) is 56.8 Å². The van der Waals surface area contributed by atoms with Crippen molar-refractivity contribution >= 4 is 5.82 Å². The highest BCUT2D eigenvalue weighted by atomic mass is 15.2. The maximum absolute atomic E-state index is 4.40. The number of piperidine rings is 1. The van der Waals surface area contributed by atoms with Crippen molar-refractivity contribution in [2.24, 2.45) is 5.92 Å². The van der Waals surface area contributed by atoms with E-state index in [0.29, 0.717) is 5.92 Å². The zero-order valence-corrected chi connectivity index (χ0v) is 11.6. The van der Waals surface area contributed by atoms with Gasteiger partial charge in [0.2, 0.25) is 0 Å². The summed E-state index contributed by atoms with van der Waals surface area (Å²) in [7, 11) is 0. The topological polar surface area (TPSA) is 49.8 Å². The zero-order chi connectivity index (χ0) is 12.9. The van der Waals surface area contributed by atoms with Gasteiger partial charge in [-0.15, -0.1) is 5.10 Å². The average molecular weight is 260 g/mol. The lowest BCUT2D eigenvalue weighted by molar-refractivity contribution is 0.389. The maximum Gasteiger partial charge on any atom is 0.148 e. The fourth-order valence-electron chi connectivity index (χ4n) is 3.21. The van der Waals surface area contributed by atoms with Gasteiger partial charge in [-0.25, -0.2) is 0 Å². The van der Waals surface area contributed by atoms with E-state index in [1.165, 1.54) is 44.2 Å². The third kappa shape index (κ3) is 3.44. The summed E-state index contributed by atoms with van der Waals surface area (Å²) in [5.74, 6) is 2.36. The molecule has 19 heavy (non-hydrogen) atoms. The van der Waals surface area contributed by atoms with Gasteiger partial charge >= 0.3 is 0 Å². The lowest BCUT2D eigenvalue weighted by Crippen LogP contribution is -2.31. The van der Waals surface area contributed by atoms with E-state index in [2.05, 4.69) is 33.0 Å². The van der Waals surface area contributed by atoms with Crippen LogP contribution in [0.1, 0.15) is 50.1 Å². The molecule has 3 rings (SSSR count). The van der Waals surface area contributed by atoms with Gasteiger partial charge in [0.1, 0.15) is 5.82 Å². The molecule has 104 valence electrons. The minimum absolute atomic E-state index is 0.658. The Morgan fingerprint density at radius 3 is 2.53 bits per heavy atom. The van der Waals surface area contributed by atoms with E-state index in [1.807, 2.05) is 0 Å². The number of aromatic nitrogens is 2. The van der Waals surface area contributed by atoms with Gasteiger partial charge in [0.25, 0.3) is 0 Å². The van der Waals surface area contributed by atoms with Crippen molar-refractivity contribution in [1.29, 1.82) is 0 Å². The molecule has 1 aromatic rings. The monoisotopic (exact) mass is 260 g/mol. The number of hydrogen-bond acceptors (Lipinski definition) is 4. The lowest BCUT2D eigenvalue weighted by atomic mass is 9.98. The predicted molar refractivity (Wildman–Crippen MR) is 77.3 cm³/mol. The molecular formula is C15H24N4. The summed E-state index contributed by atoms with van der Waals surface area (Å²) >= 11 is 0. The molecule has 0 atom stereocenters. The van der Waals surface area contributed by atoms with Gasteiger partial charge in [0.05, 0.1) is 5.69 Å². The summed E-state index contributed by atoms with van der Waals surface area (Å²) < 4.78 is 0. The van der Waals surface area contributed by atoms with Crippen LogP contribution >= 0.6 is 0 Å². The standard InChI is InChI=1S/C15H24N4/c1-2-4-13(3-1)14-5-6-15(19-18-14)17-11-12-7-9-16-10-8-12/h5-6,12-13,16H,1-4,7-11H2,(H,17,19). The Balaban J connectivity index is 1.50. The molecule has 1 saturated carbocycles. The van der Waals surface area contributed by atoms with E-state index in [-0.39, 0.29) is 0 Å². The summed E-state index contributed by atoms with van der Waals surface area (Å²) in [6.07, 6.45) is 7.80. The molecule has 0 amide bonds. The Bertz CT molecular complexity index is 378. The smallest absolute Gasteiger partial charge is 0.148 e. The predicted octanol–water partition coefficient (Wildman–Crippen LogP) is 2.55. The molecule has 2 heterocycles. The minimum Gasteiger partial charge on any atom is -0.368 e. The fraction of sp³-hybridized carbons (Fsp3) is 0.733. The Kier molecular flexibility index (Phi) is 4.28. The number of nitrogens with zero attached hydrogens (tertiary/aromatic N) is 2. The molecule has 4 heteroatoms. The Morgan fingerprint density at radius 2 is 1.84 bits per heavy atom. The molecule has 1 aliphatic heterocycles. The molecule has 4 nitrogen and oxygen atoms in total. The summed E-state index contributed by atoms with van der Waals surface area (Å²) in [6.45, 7) is 3.33. The van der Waals surface area contributed by atoms with Crippen molar-refractivity contribution in [3.63, 3.8) is 0 Å². The second kappa shape index (κ2) is 6.33. The second-order valence-corrected chi connectivity index (χ2v) is 5.90. The van der Waals surface area contributed by atoms with E-state index >= 15 is 0 Å². The molecule has 2 N–H and O–H groups in total. The van der Waals surface area contributed by atoms with Gasteiger partial charge in [0, 0.05) is 12.5 Å². The van der Waals surface area contributed by atoms with Crippen LogP contribution in [0.2, 0.25) is 0 Å². The zero-order valence-electron chi connectivity index (χ0n) is 11.6. The molecule has 0 aromatic carbocycles. The average Bonchev–Trinajstić information content (AvgIpc) is 3.01. The quantitative estimate of drug-likeness (QED) is 0.873. The number of nitrogens with one attached hydrogen (secondary N) is 2. The Morgan fingerprint density at radius 1 is 1.05 bits per heavy atom. The van der Waals surface area contributed by atoms with Crippen LogP contribution < -0.4 is 10.6 Å². The minimum atomic E-state index is 0.658. The van der Waals surface area contributed by atoms with Crippen molar-refractivity contribution in [2.45, 2.75) is 44.4 Å². The van der Waals surface area contributed by atoms with Crippen LogP contribution in [-0.4, -0.2) is 29.8 Å². The van der Waals surface area contributed by atoms with Crippen molar-refractivity contribution in [3.05, 3.63) is 17.8 Å². The first-order valence-corrected chi connectivity index (χ1v) is 7.70. The highest BCUT2D eigenvalue weighted by Gasteiger charge is 2.18. The van der Waals surface area contributed by atoms with Crippen molar-refractivity contribution in [1.82, 2.24) is 15.5 Å². The van der Waals surface area contributed by atoms with Crippen LogP contribution in [-0.2, 0) is 0 Å². The molecule has 0 unspecified atom stereocenters. The van der Waals surface area contributed by atoms with E-state index in [9.17, 15) is 0 Å². The number of anilines is 1. The lowest BCUT2D eigenvalue weighted by Gasteiger charge is -2.22. The molecule has 0 bridgehead atoms. The van der Waals surface area contributed by atoms with E-state index in [4.69, 9.17) is 0 Å². The Hall–Kier alpha value is -1.16. The second-order valence-electron chi connectivity index (χ2n) is 5.90. The first-order chi connectivity index (χ1) is 9.42. The normalized spacial score (nSPS) is 21.7. The Labute approximate surface area is 115 Å². The summed E-state index contributed by atoms with van der Waals surface area (Å²) in [4.78, 5) is 0.